The van der Waals surface area contributed by atoms with E-state index in [-0.39, 0.29) is 11.3 Å². The van der Waals surface area contributed by atoms with Crippen LogP contribution in [0.2, 0.25) is 0 Å². The molecule has 1 N–H and O–H groups in total. The van der Waals surface area contributed by atoms with Crippen molar-refractivity contribution in [3.63, 3.8) is 0 Å². The summed E-state index contributed by atoms with van der Waals surface area (Å²) in [7, 11) is 0. The van der Waals surface area contributed by atoms with Crippen LogP contribution in [0.25, 0.3) is 5.69 Å². The van der Waals surface area contributed by atoms with Crippen LogP contribution in [0.1, 0.15) is 76.2 Å². The summed E-state index contributed by atoms with van der Waals surface area (Å²) in [5.41, 5.74) is 5.35. The number of hydrogen-bond donors (Lipinski definition) is 1. The van der Waals surface area contributed by atoms with Crippen LogP contribution in [0.4, 0.5) is 0 Å². The Morgan fingerprint density at radius 1 is 1.10 bits per heavy atom. The van der Waals surface area contributed by atoms with E-state index in [9.17, 15) is 4.79 Å². The molecular weight excluding hydrogens is 360 g/mol. The maximum absolute atomic E-state index is 11.6. The van der Waals surface area contributed by atoms with Crippen molar-refractivity contribution >= 4 is 5.91 Å². The minimum absolute atomic E-state index is 0.162. The molecule has 2 heterocycles. The maximum atomic E-state index is 11.6. The molecule has 0 spiro atoms. The van der Waals surface area contributed by atoms with Crippen molar-refractivity contribution in [1.82, 2.24) is 20.0 Å². The van der Waals surface area contributed by atoms with E-state index in [1.807, 2.05) is 4.90 Å². The third kappa shape index (κ3) is 4.25. The molecule has 0 radical (unpaired) electrons. The summed E-state index contributed by atoms with van der Waals surface area (Å²) in [5.74, 6) is 0.196. The average Bonchev–Trinajstić information content (AvgIpc) is 3.13. The smallest absolute Gasteiger partial charge is 0.219 e. The summed E-state index contributed by atoms with van der Waals surface area (Å²) in [6.45, 7) is 10.1. The van der Waals surface area contributed by atoms with Gasteiger partial charge in [-0.25, -0.2) is 4.68 Å². The SMILES string of the molecule is CC(=O)N1CCC(N[C@@H]2CCCc3c2cnn3-c2ccc(C(C)(C)C)cc2)CC1. The molecule has 1 atom stereocenters. The van der Waals surface area contributed by atoms with Crippen molar-refractivity contribution in [1.29, 1.82) is 0 Å². The van der Waals surface area contributed by atoms with E-state index < -0.39 is 0 Å². The highest BCUT2D eigenvalue weighted by molar-refractivity contribution is 5.73. The van der Waals surface area contributed by atoms with E-state index in [1.54, 1.807) is 6.92 Å². The average molecular weight is 395 g/mol. The number of benzene rings is 1. The number of hydrogen-bond acceptors (Lipinski definition) is 3. The Morgan fingerprint density at radius 2 is 1.79 bits per heavy atom. The van der Waals surface area contributed by atoms with Crippen molar-refractivity contribution in [2.24, 2.45) is 0 Å². The van der Waals surface area contributed by atoms with Crippen LogP contribution >= 0.6 is 0 Å². The summed E-state index contributed by atoms with van der Waals surface area (Å²) in [6, 6.07) is 9.70. The van der Waals surface area contributed by atoms with Gasteiger partial charge in [0.25, 0.3) is 0 Å². The lowest BCUT2D eigenvalue weighted by Gasteiger charge is -2.35. The van der Waals surface area contributed by atoms with Crippen molar-refractivity contribution in [2.75, 3.05) is 13.1 Å². The lowest BCUT2D eigenvalue weighted by Crippen LogP contribution is -2.45. The fraction of sp³-hybridized carbons (Fsp3) is 0.583. The Kier molecular flexibility index (Phi) is 5.52. The summed E-state index contributed by atoms with van der Waals surface area (Å²) in [4.78, 5) is 13.5. The molecule has 1 saturated heterocycles. The second-order valence-electron chi connectivity index (χ2n) is 9.65. The lowest BCUT2D eigenvalue weighted by atomic mass is 9.87. The number of rotatable bonds is 3. The highest BCUT2D eigenvalue weighted by Crippen LogP contribution is 2.32. The molecule has 2 aliphatic rings. The molecular formula is C24H34N4O. The van der Waals surface area contributed by atoms with E-state index in [2.05, 4.69) is 61.2 Å². The second kappa shape index (κ2) is 7.94. The standard InChI is InChI=1S/C24H34N4O/c1-17(29)27-14-12-19(13-15-27)26-22-6-5-7-23-21(22)16-25-28(23)20-10-8-18(9-11-20)24(2,3)4/h8-11,16,19,22,26H,5-7,12-15H2,1-4H3/t22-/m1/s1. The second-order valence-corrected chi connectivity index (χ2v) is 9.65. The number of carbonyl (C=O) groups is 1. The van der Waals surface area contributed by atoms with Gasteiger partial charge in [-0.1, -0.05) is 32.9 Å². The highest BCUT2D eigenvalue weighted by Gasteiger charge is 2.28. The Labute approximate surface area is 174 Å². The molecule has 1 aliphatic heterocycles. The summed E-state index contributed by atoms with van der Waals surface area (Å²) < 4.78 is 2.13. The predicted octanol–water partition coefficient (Wildman–Crippen LogP) is 4.15. The fourth-order valence-corrected chi connectivity index (χ4v) is 4.70. The fourth-order valence-electron chi connectivity index (χ4n) is 4.70. The number of amides is 1. The number of nitrogens with one attached hydrogen (secondary N) is 1. The first-order chi connectivity index (χ1) is 13.8. The van der Waals surface area contributed by atoms with E-state index in [0.717, 1.165) is 44.5 Å². The largest absolute Gasteiger partial charge is 0.343 e. The molecule has 1 aliphatic carbocycles. The van der Waals surface area contributed by atoms with Crippen molar-refractivity contribution in [2.45, 2.75) is 77.3 Å². The normalized spacial score (nSPS) is 20.6. The highest BCUT2D eigenvalue weighted by atomic mass is 16.2. The topological polar surface area (TPSA) is 50.2 Å². The molecule has 1 aromatic carbocycles. The molecule has 5 heteroatoms. The number of nitrogens with zero attached hydrogens (tertiary/aromatic N) is 3. The molecule has 5 nitrogen and oxygen atoms in total. The molecule has 1 aromatic heterocycles. The number of aromatic nitrogens is 2. The molecule has 0 bridgehead atoms. The van der Waals surface area contributed by atoms with Gasteiger partial charge in [-0.05, 0) is 55.2 Å². The third-order valence-corrected chi connectivity index (χ3v) is 6.54. The van der Waals surface area contributed by atoms with Gasteiger partial charge in [0.1, 0.15) is 0 Å². The quantitative estimate of drug-likeness (QED) is 0.851. The van der Waals surface area contributed by atoms with Gasteiger partial charge in [0.15, 0.2) is 0 Å². The third-order valence-electron chi connectivity index (χ3n) is 6.54. The lowest BCUT2D eigenvalue weighted by molar-refractivity contribution is -0.129. The number of piperidine rings is 1. The number of fused-ring (bicyclic) bond motifs is 1. The van der Waals surface area contributed by atoms with Gasteiger partial charge >= 0.3 is 0 Å². The minimum atomic E-state index is 0.162. The van der Waals surface area contributed by atoms with Gasteiger partial charge in [-0.15, -0.1) is 0 Å². The molecule has 156 valence electrons. The van der Waals surface area contributed by atoms with Crippen LogP contribution < -0.4 is 5.32 Å². The zero-order chi connectivity index (χ0) is 20.6. The van der Waals surface area contributed by atoms with Crippen molar-refractivity contribution in [3.05, 3.63) is 47.3 Å². The zero-order valence-corrected chi connectivity index (χ0v) is 18.2. The molecule has 0 unspecified atom stereocenters. The van der Waals surface area contributed by atoms with E-state index in [0.29, 0.717) is 12.1 Å². The van der Waals surface area contributed by atoms with Gasteiger partial charge in [0.05, 0.1) is 11.9 Å². The summed E-state index contributed by atoms with van der Waals surface area (Å²) in [6.07, 6.45) is 7.56. The van der Waals surface area contributed by atoms with Crippen LogP contribution in [0, 0.1) is 0 Å². The van der Waals surface area contributed by atoms with Crippen LogP contribution in [-0.2, 0) is 16.6 Å². The van der Waals surface area contributed by atoms with Gasteiger partial charge < -0.3 is 10.2 Å². The van der Waals surface area contributed by atoms with E-state index in [4.69, 9.17) is 5.10 Å². The minimum Gasteiger partial charge on any atom is -0.343 e. The van der Waals surface area contributed by atoms with Gasteiger partial charge in [-0.2, -0.15) is 5.10 Å². The predicted molar refractivity (Wildman–Crippen MR) is 116 cm³/mol. The molecule has 29 heavy (non-hydrogen) atoms. The van der Waals surface area contributed by atoms with Gasteiger partial charge in [-0.3, -0.25) is 4.79 Å². The molecule has 1 fully saturated rings. The van der Waals surface area contributed by atoms with Gasteiger partial charge in [0, 0.05) is 43.4 Å². The molecule has 2 aromatic rings. The Hall–Kier alpha value is -2.14. The first-order valence-corrected chi connectivity index (χ1v) is 11.0. The van der Waals surface area contributed by atoms with Crippen molar-refractivity contribution in [3.8, 4) is 5.69 Å². The summed E-state index contributed by atoms with van der Waals surface area (Å²) in [5, 5.41) is 8.64. The van der Waals surface area contributed by atoms with Crippen LogP contribution in [0.5, 0.6) is 0 Å². The molecule has 4 rings (SSSR count). The van der Waals surface area contributed by atoms with Crippen LogP contribution in [0.3, 0.4) is 0 Å². The molecule has 0 saturated carbocycles. The monoisotopic (exact) mass is 394 g/mol. The first-order valence-electron chi connectivity index (χ1n) is 11.0. The maximum Gasteiger partial charge on any atom is 0.219 e. The summed E-state index contributed by atoms with van der Waals surface area (Å²) >= 11 is 0. The first kappa shape index (κ1) is 20.1. The Morgan fingerprint density at radius 3 is 2.41 bits per heavy atom. The van der Waals surface area contributed by atoms with E-state index >= 15 is 0 Å². The Bertz CT molecular complexity index is 854. The molecule has 1 amide bonds. The van der Waals surface area contributed by atoms with E-state index in [1.165, 1.54) is 23.2 Å². The van der Waals surface area contributed by atoms with Crippen LogP contribution in [0.15, 0.2) is 30.5 Å². The zero-order valence-electron chi connectivity index (χ0n) is 18.2. The van der Waals surface area contributed by atoms with Crippen molar-refractivity contribution < 1.29 is 4.79 Å². The van der Waals surface area contributed by atoms with Crippen LogP contribution in [-0.4, -0.2) is 39.7 Å². The number of likely N-dealkylation sites (tertiary alicyclic amines) is 1. The van der Waals surface area contributed by atoms with Gasteiger partial charge in [0.2, 0.25) is 5.91 Å². The number of carbonyl (C=O) groups excluding carboxylic acids is 1. The Balaban J connectivity index is 1.49.